The van der Waals surface area contributed by atoms with Crippen molar-refractivity contribution in [2.45, 2.75) is 36.6 Å². The second-order valence-electron chi connectivity index (χ2n) is 8.15. The summed E-state index contributed by atoms with van der Waals surface area (Å²) in [4.78, 5) is 27.5. The summed E-state index contributed by atoms with van der Waals surface area (Å²) >= 11 is 6.01. The summed E-state index contributed by atoms with van der Waals surface area (Å²) in [6.45, 7) is 2.92. The molecule has 0 bridgehead atoms. The van der Waals surface area contributed by atoms with Crippen molar-refractivity contribution < 1.29 is 32.2 Å². The smallest absolute Gasteiger partial charge is 0.342 e. The Hall–Kier alpha value is -3.24. The highest BCUT2D eigenvalue weighted by molar-refractivity contribution is 7.89. The van der Waals surface area contributed by atoms with Gasteiger partial charge >= 0.3 is 11.9 Å². The zero-order chi connectivity index (χ0) is 26.6. The van der Waals surface area contributed by atoms with Gasteiger partial charge in [-0.2, -0.15) is 0 Å². The van der Waals surface area contributed by atoms with Crippen LogP contribution in [0, 0.1) is 0 Å². The van der Waals surface area contributed by atoms with Crippen LogP contribution in [0.15, 0.2) is 89.8 Å². The highest BCUT2D eigenvalue weighted by atomic mass is 35.5. The van der Waals surface area contributed by atoms with Gasteiger partial charge in [-0.15, -0.1) is 4.31 Å². The highest BCUT2D eigenvalue weighted by Crippen LogP contribution is 2.53. The number of carbonyl (C=O) groups is 2. The fraction of sp³-hybridized carbons (Fsp3) is 0.259. The fourth-order valence-electron chi connectivity index (χ4n) is 4.36. The normalized spacial score (nSPS) is 19.3. The van der Waals surface area contributed by atoms with Gasteiger partial charge in [-0.1, -0.05) is 72.3 Å². The van der Waals surface area contributed by atoms with Crippen LogP contribution in [0.3, 0.4) is 0 Å². The summed E-state index contributed by atoms with van der Waals surface area (Å²) in [6, 6.07) is 22.4. The molecule has 3 aromatic rings. The van der Waals surface area contributed by atoms with E-state index in [4.69, 9.17) is 25.8 Å². The highest BCUT2D eigenvalue weighted by Gasteiger charge is 2.71. The number of sulfonamides is 1. The van der Waals surface area contributed by atoms with E-state index in [1.807, 2.05) is 0 Å². The number of hydrogen-bond acceptors (Lipinski definition) is 7. The first kappa shape index (κ1) is 26.8. The first-order valence-corrected chi connectivity index (χ1v) is 13.5. The molecule has 1 fully saturated rings. The Balaban J connectivity index is 2.07. The minimum absolute atomic E-state index is 0.105. The summed E-state index contributed by atoms with van der Waals surface area (Å²) < 4.78 is 46.5. The van der Waals surface area contributed by atoms with Crippen LogP contribution in [0.2, 0.25) is 5.02 Å². The summed E-state index contributed by atoms with van der Waals surface area (Å²) in [5, 5.41) is 0.320. The van der Waals surface area contributed by atoms with Crippen LogP contribution in [0.1, 0.15) is 37.3 Å². The van der Waals surface area contributed by atoms with Gasteiger partial charge in [0.25, 0.3) is 5.54 Å². The Kier molecular flexibility index (Phi) is 7.99. The van der Waals surface area contributed by atoms with E-state index in [0.717, 1.165) is 4.31 Å². The van der Waals surface area contributed by atoms with E-state index in [1.165, 1.54) is 24.3 Å². The lowest BCUT2D eigenvalue weighted by atomic mass is 9.88. The zero-order valence-corrected chi connectivity index (χ0v) is 21.8. The second kappa shape index (κ2) is 11.0. The predicted octanol–water partition coefficient (Wildman–Crippen LogP) is 4.67. The Morgan fingerprint density at radius 2 is 1.32 bits per heavy atom. The molecule has 194 valence electrons. The van der Waals surface area contributed by atoms with E-state index in [-0.39, 0.29) is 18.1 Å². The number of rotatable bonds is 8. The fourth-order valence-corrected chi connectivity index (χ4v) is 6.24. The Labute approximate surface area is 220 Å². The Bertz CT molecular complexity index is 1330. The summed E-state index contributed by atoms with van der Waals surface area (Å²) in [7, 11) is -4.58. The molecule has 0 aromatic heterocycles. The van der Waals surface area contributed by atoms with Crippen molar-refractivity contribution >= 4 is 33.6 Å². The third-order valence-electron chi connectivity index (χ3n) is 5.94. The van der Waals surface area contributed by atoms with Crippen LogP contribution < -0.4 is 0 Å². The third-order valence-corrected chi connectivity index (χ3v) is 8.05. The van der Waals surface area contributed by atoms with Crippen molar-refractivity contribution in [2.75, 3.05) is 13.2 Å². The van der Waals surface area contributed by atoms with E-state index < -0.39 is 39.8 Å². The summed E-state index contributed by atoms with van der Waals surface area (Å²) in [5.41, 5.74) is -1.71. The van der Waals surface area contributed by atoms with Crippen LogP contribution in [0.25, 0.3) is 0 Å². The van der Waals surface area contributed by atoms with Gasteiger partial charge in [0.2, 0.25) is 10.0 Å². The van der Waals surface area contributed by atoms with E-state index in [2.05, 4.69) is 0 Å². The molecule has 0 radical (unpaired) electrons. The third kappa shape index (κ3) is 4.75. The number of carbonyl (C=O) groups excluding carboxylic acids is 2. The molecule has 1 aliphatic heterocycles. The van der Waals surface area contributed by atoms with Gasteiger partial charge in [-0.25, -0.2) is 18.0 Å². The van der Waals surface area contributed by atoms with Crippen molar-refractivity contribution in [3.8, 4) is 0 Å². The molecule has 4 rings (SSSR count). The van der Waals surface area contributed by atoms with Crippen molar-refractivity contribution in [3.63, 3.8) is 0 Å². The molecular formula is C27H26ClNO7S. The average Bonchev–Trinajstić information content (AvgIpc) is 3.28. The minimum atomic E-state index is -4.58. The van der Waals surface area contributed by atoms with Crippen molar-refractivity contribution in [2.24, 2.45) is 0 Å². The predicted molar refractivity (Wildman–Crippen MR) is 136 cm³/mol. The number of ether oxygens (including phenoxy) is 3. The number of esters is 2. The first-order chi connectivity index (χ1) is 17.8. The number of benzene rings is 3. The van der Waals surface area contributed by atoms with Crippen molar-refractivity contribution in [1.82, 2.24) is 4.31 Å². The van der Waals surface area contributed by atoms with Crippen LogP contribution in [-0.2, 0) is 33.8 Å². The molecule has 2 atom stereocenters. The van der Waals surface area contributed by atoms with Crippen molar-refractivity contribution in [3.05, 3.63) is 101 Å². The molecule has 3 aromatic carbocycles. The topological polar surface area (TPSA) is 99.2 Å². The number of hydrogen-bond donors (Lipinski definition) is 0. The van der Waals surface area contributed by atoms with Crippen LogP contribution in [0.4, 0.5) is 0 Å². The lowest BCUT2D eigenvalue weighted by Crippen LogP contribution is -2.62. The van der Waals surface area contributed by atoms with Gasteiger partial charge in [-0.3, -0.25) is 0 Å². The minimum Gasteiger partial charge on any atom is -0.464 e. The van der Waals surface area contributed by atoms with Crippen LogP contribution >= 0.6 is 11.6 Å². The SMILES string of the molecule is CCOC(=O)C1(C(=O)OCC)[C@H](c2ccccc2)O[C@H](c2ccccc2)N1S(=O)(=O)c1ccc(Cl)cc1. The maximum absolute atomic E-state index is 14.3. The molecule has 0 amide bonds. The van der Waals surface area contributed by atoms with E-state index >= 15 is 0 Å². The maximum Gasteiger partial charge on any atom is 0.342 e. The van der Waals surface area contributed by atoms with E-state index in [0.29, 0.717) is 16.1 Å². The molecule has 37 heavy (non-hydrogen) atoms. The zero-order valence-electron chi connectivity index (χ0n) is 20.2. The monoisotopic (exact) mass is 543 g/mol. The second-order valence-corrected chi connectivity index (χ2v) is 10.4. The summed E-state index contributed by atoms with van der Waals surface area (Å²) in [6.07, 6.45) is -2.74. The number of nitrogens with zero attached hydrogens (tertiary/aromatic N) is 1. The Morgan fingerprint density at radius 3 is 1.81 bits per heavy atom. The molecular weight excluding hydrogens is 518 g/mol. The first-order valence-electron chi connectivity index (χ1n) is 11.7. The van der Waals surface area contributed by atoms with Crippen LogP contribution in [-0.4, -0.2) is 43.4 Å². The van der Waals surface area contributed by atoms with E-state index in [1.54, 1.807) is 74.5 Å². The van der Waals surface area contributed by atoms with Gasteiger partial charge in [0, 0.05) is 5.02 Å². The van der Waals surface area contributed by atoms with Crippen molar-refractivity contribution in [1.29, 1.82) is 0 Å². The van der Waals surface area contributed by atoms with Gasteiger partial charge in [0.1, 0.15) is 6.10 Å². The largest absolute Gasteiger partial charge is 0.464 e. The number of halogens is 1. The van der Waals surface area contributed by atoms with E-state index in [9.17, 15) is 18.0 Å². The molecule has 0 spiro atoms. The van der Waals surface area contributed by atoms with Crippen LogP contribution in [0.5, 0.6) is 0 Å². The lowest BCUT2D eigenvalue weighted by molar-refractivity contribution is -0.172. The lowest BCUT2D eigenvalue weighted by Gasteiger charge is -2.36. The molecule has 0 unspecified atom stereocenters. The molecule has 1 heterocycles. The molecule has 1 saturated heterocycles. The molecule has 1 aliphatic rings. The standard InChI is InChI=1S/C27H26ClNO7S/c1-3-34-25(30)27(26(31)35-4-2)23(19-11-7-5-8-12-19)36-24(20-13-9-6-10-14-20)29(27)37(32,33)22-17-15-21(28)16-18-22/h5-18,23-24H,3-4H2,1-2H3/t23-,24+/m0/s1. The Morgan fingerprint density at radius 1 is 0.838 bits per heavy atom. The molecule has 0 N–H and O–H groups in total. The quantitative estimate of drug-likeness (QED) is 0.301. The molecule has 10 heteroatoms. The average molecular weight is 544 g/mol. The summed E-state index contributed by atoms with van der Waals surface area (Å²) in [5.74, 6) is -2.20. The molecule has 0 saturated carbocycles. The van der Waals surface area contributed by atoms with Gasteiger partial charge < -0.3 is 14.2 Å². The molecule has 8 nitrogen and oxygen atoms in total. The van der Waals surface area contributed by atoms with Gasteiger partial charge in [0.15, 0.2) is 6.23 Å². The maximum atomic E-state index is 14.3. The molecule has 0 aliphatic carbocycles. The van der Waals surface area contributed by atoms with Gasteiger partial charge in [0.05, 0.1) is 18.1 Å². The van der Waals surface area contributed by atoms with Gasteiger partial charge in [-0.05, 0) is 49.2 Å².